The Bertz CT molecular complexity index is 633. The van der Waals surface area contributed by atoms with Crippen LogP contribution in [0.1, 0.15) is 25.8 Å². The summed E-state index contributed by atoms with van der Waals surface area (Å²) in [5, 5.41) is 10.8. The highest BCUT2D eigenvalue weighted by molar-refractivity contribution is 5.91. The average Bonchev–Trinajstić information content (AvgIpc) is 2.43. The number of fused-ring (bicyclic) bond motifs is 1. The fourth-order valence-corrected chi connectivity index (χ4v) is 2.20. The molecule has 0 spiro atoms. The van der Waals surface area contributed by atoms with Gasteiger partial charge in [0.2, 0.25) is 0 Å². The molecule has 2 rings (SSSR count). The fraction of sp³-hybridized carbons (Fsp3) is 0.375. The molecule has 0 aliphatic heterocycles. The van der Waals surface area contributed by atoms with E-state index < -0.39 is 11.8 Å². The minimum absolute atomic E-state index is 0.172. The van der Waals surface area contributed by atoms with Gasteiger partial charge in [-0.1, -0.05) is 37.3 Å². The predicted octanol–water partition coefficient (Wildman–Crippen LogP) is 4.40. The Labute approximate surface area is 121 Å². The minimum atomic E-state index is -4.75. The molecule has 0 aliphatic rings. The van der Waals surface area contributed by atoms with E-state index in [-0.39, 0.29) is 5.56 Å². The lowest BCUT2D eigenvalue weighted by molar-refractivity contribution is -0.258. The van der Waals surface area contributed by atoms with Gasteiger partial charge in [-0.3, -0.25) is 0 Å². The van der Waals surface area contributed by atoms with Gasteiger partial charge in [-0.15, -0.1) is 0 Å². The third-order valence-electron chi connectivity index (χ3n) is 3.42. The van der Waals surface area contributed by atoms with Crippen LogP contribution in [0.4, 0.5) is 13.2 Å². The fourth-order valence-electron chi connectivity index (χ4n) is 2.20. The van der Waals surface area contributed by atoms with Crippen molar-refractivity contribution in [2.75, 3.05) is 6.61 Å². The van der Waals surface area contributed by atoms with Crippen molar-refractivity contribution < 1.29 is 23.0 Å². The number of aliphatic hydroxyl groups is 1. The monoisotopic (exact) mass is 298 g/mol. The second-order valence-electron chi connectivity index (χ2n) is 5.08. The molecule has 1 unspecified atom stereocenters. The molecule has 0 radical (unpaired) electrons. The van der Waals surface area contributed by atoms with Gasteiger partial charge in [0, 0.05) is 10.9 Å². The zero-order valence-corrected chi connectivity index (χ0v) is 11.9. The Kier molecular flexibility index (Phi) is 4.14. The first-order valence-corrected chi connectivity index (χ1v) is 6.73. The van der Waals surface area contributed by atoms with Crippen LogP contribution in [-0.2, 0) is 5.60 Å². The van der Waals surface area contributed by atoms with Gasteiger partial charge in [-0.05, 0) is 24.8 Å². The lowest BCUT2D eigenvalue weighted by Gasteiger charge is -2.28. The second kappa shape index (κ2) is 5.56. The molecule has 0 aromatic heterocycles. The highest BCUT2D eigenvalue weighted by atomic mass is 19.4. The first-order valence-electron chi connectivity index (χ1n) is 6.73. The third kappa shape index (κ3) is 2.83. The lowest BCUT2D eigenvalue weighted by Crippen LogP contribution is -2.39. The number of rotatable bonds is 4. The Hall–Kier alpha value is -1.75. The highest BCUT2D eigenvalue weighted by Crippen LogP contribution is 2.42. The summed E-state index contributed by atoms with van der Waals surface area (Å²) >= 11 is 0. The molecule has 1 atom stereocenters. The number of hydrogen-bond donors (Lipinski definition) is 1. The molecule has 0 bridgehead atoms. The Balaban J connectivity index is 2.62. The Morgan fingerprint density at radius 3 is 2.29 bits per heavy atom. The quantitative estimate of drug-likeness (QED) is 0.906. The largest absolute Gasteiger partial charge is 0.493 e. The van der Waals surface area contributed by atoms with Gasteiger partial charge in [0.15, 0.2) is 5.60 Å². The molecule has 1 N–H and O–H groups in total. The van der Waals surface area contributed by atoms with Gasteiger partial charge in [0.25, 0.3) is 0 Å². The molecule has 2 nitrogen and oxygen atoms in total. The van der Waals surface area contributed by atoms with Crippen LogP contribution in [0.3, 0.4) is 0 Å². The summed E-state index contributed by atoms with van der Waals surface area (Å²) in [5.41, 5.74) is -3.08. The van der Waals surface area contributed by atoms with Crippen molar-refractivity contribution in [2.24, 2.45) is 0 Å². The zero-order valence-electron chi connectivity index (χ0n) is 11.9. The van der Waals surface area contributed by atoms with Crippen LogP contribution < -0.4 is 4.74 Å². The van der Waals surface area contributed by atoms with Crippen LogP contribution in [0.25, 0.3) is 10.8 Å². The van der Waals surface area contributed by atoms with E-state index in [1.807, 2.05) is 6.92 Å². The van der Waals surface area contributed by atoms with E-state index in [0.717, 1.165) is 13.3 Å². The van der Waals surface area contributed by atoms with Crippen molar-refractivity contribution in [3.05, 3.63) is 42.0 Å². The van der Waals surface area contributed by atoms with E-state index in [2.05, 4.69) is 0 Å². The maximum atomic E-state index is 13.1. The first-order chi connectivity index (χ1) is 9.79. The number of alkyl halides is 3. The van der Waals surface area contributed by atoms with Gasteiger partial charge in [0.05, 0.1) is 6.61 Å². The molecule has 0 fully saturated rings. The van der Waals surface area contributed by atoms with Crippen molar-refractivity contribution >= 4 is 10.8 Å². The van der Waals surface area contributed by atoms with Gasteiger partial charge >= 0.3 is 6.18 Å². The van der Waals surface area contributed by atoms with Crippen LogP contribution in [0, 0.1) is 0 Å². The molecule has 114 valence electrons. The van der Waals surface area contributed by atoms with Crippen LogP contribution >= 0.6 is 0 Å². The summed E-state index contributed by atoms with van der Waals surface area (Å²) in [6.45, 7) is 3.20. The van der Waals surface area contributed by atoms with Crippen molar-refractivity contribution in [3.8, 4) is 5.75 Å². The van der Waals surface area contributed by atoms with E-state index in [1.54, 1.807) is 24.3 Å². The molecule has 0 saturated carbocycles. The van der Waals surface area contributed by atoms with Gasteiger partial charge in [0.1, 0.15) is 5.75 Å². The summed E-state index contributed by atoms with van der Waals surface area (Å²) in [6, 6.07) is 9.38. The average molecular weight is 298 g/mol. The second-order valence-corrected chi connectivity index (χ2v) is 5.08. The van der Waals surface area contributed by atoms with Gasteiger partial charge in [-0.25, -0.2) is 0 Å². The molecule has 5 heteroatoms. The highest BCUT2D eigenvalue weighted by Gasteiger charge is 2.51. The topological polar surface area (TPSA) is 29.5 Å². The molecule has 0 amide bonds. The smallest absolute Gasteiger partial charge is 0.421 e. The molecular formula is C16H17F3O2. The van der Waals surface area contributed by atoms with Crippen molar-refractivity contribution in [1.82, 2.24) is 0 Å². The van der Waals surface area contributed by atoms with E-state index >= 15 is 0 Å². The Morgan fingerprint density at radius 2 is 1.67 bits per heavy atom. The standard InChI is InChI=1S/C16H17F3O2/c1-3-10-21-14-9-5-6-11-12(14)7-4-8-13(11)15(2,20)16(17,18)19/h4-9,20H,3,10H2,1-2H3. The number of benzene rings is 2. The molecule has 0 aliphatic carbocycles. The van der Waals surface area contributed by atoms with Crippen LogP contribution in [-0.4, -0.2) is 17.9 Å². The zero-order chi connectivity index (χ0) is 15.7. The third-order valence-corrected chi connectivity index (χ3v) is 3.42. The summed E-state index contributed by atoms with van der Waals surface area (Å²) in [6.07, 6.45) is -3.95. The van der Waals surface area contributed by atoms with Gasteiger partial charge in [-0.2, -0.15) is 13.2 Å². The predicted molar refractivity (Wildman–Crippen MR) is 75.4 cm³/mol. The molecule has 0 heterocycles. The summed E-state index contributed by atoms with van der Waals surface area (Å²) in [4.78, 5) is 0. The van der Waals surface area contributed by atoms with Crippen molar-refractivity contribution in [3.63, 3.8) is 0 Å². The summed E-state index contributed by atoms with van der Waals surface area (Å²) in [7, 11) is 0. The SMILES string of the molecule is CCCOc1cccc2c(C(C)(O)C(F)(F)F)cccc12. The number of halogens is 3. The Morgan fingerprint density at radius 1 is 1.05 bits per heavy atom. The van der Waals surface area contributed by atoms with E-state index in [0.29, 0.717) is 23.1 Å². The van der Waals surface area contributed by atoms with Crippen LogP contribution in [0.5, 0.6) is 5.75 Å². The van der Waals surface area contributed by atoms with Crippen LogP contribution in [0.15, 0.2) is 36.4 Å². The number of ether oxygens (including phenoxy) is 1. The molecule has 0 saturated heterocycles. The van der Waals surface area contributed by atoms with E-state index in [9.17, 15) is 18.3 Å². The molecule has 21 heavy (non-hydrogen) atoms. The first kappa shape index (κ1) is 15.6. The normalized spacial score (nSPS) is 15.0. The van der Waals surface area contributed by atoms with E-state index in [1.165, 1.54) is 12.1 Å². The molecule has 2 aromatic rings. The van der Waals surface area contributed by atoms with Crippen LogP contribution in [0.2, 0.25) is 0 Å². The maximum absolute atomic E-state index is 13.1. The van der Waals surface area contributed by atoms with E-state index in [4.69, 9.17) is 4.74 Å². The molecular weight excluding hydrogens is 281 g/mol. The summed E-state index contributed by atoms with van der Waals surface area (Å²) in [5.74, 6) is 0.522. The van der Waals surface area contributed by atoms with Crippen molar-refractivity contribution in [1.29, 1.82) is 0 Å². The van der Waals surface area contributed by atoms with Crippen molar-refractivity contribution in [2.45, 2.75) is 32.0 Å². The lowest BCUT2D eigenvalue weighted by atomic mass is 9.90. The molecule has 2 aromatic carbocycles. The maximum Gasteiger partial charge on any atom is 0.421 e. The summed E-state index contributed by atoms with van der Waals surface area (Å²) < 4.78 is 44.8. The van der Waals surface area contributed by atoms with Gasteiger partial charge < -0.3 is 9.84 Å². The minimum Gasteiger partial charge on any atom is -0.493 e. The number of hydrogen-bond acceptors (Lipinski definition) is 2.